The molecule has 4 nitrogen and oxygen atoms in total. The molecule has 4 heteroatoms. The van der Waals surface area contributed by atoms with Crippen molar-refractivity contribution in [2.24, 2.45) is 11.3 Å². The number of carbonyl (C=O) groups is 2. The van der Waals surface area contributed by atoms with E-state index >= 15 is 0 Å². The molecule has 23 heavy (non-hydrogen) atoms. The van der Waals surface area contributed by atoms with E-state index in [2.05, 4.69) is 13.8 Å². The number of aryl methyl sites for hydroxylation is 1. The van der Waals surface area contributed by atoms with Gasteiger partial charge < -0.3 is 9.47 Å². The number of benzene rings is 1. The van der Waals surface area contributed by atoms with Crippen LogP contribution in [0.2, 0.25) is 0 Å². The molecule has 0 bridgehead atoms. The Morgan fingerprint density at radius 2 is 1.91 bits per heavy atom. The highest BCUT2D eigenvalue weighted by atomic mass is 16.6. The van der Waals surface area contributed by atoms with Gasteiger partial charge in [0.05, 0.1) is 12.7 Å². The smallest absolute Gasteiger partial charge is 0.338 e. The predicted molar refractivity (Wildman–Crippen MR) is 88.1 cm³/mol. The molecule has 1 aromatic carbocycles. The third-order valence-corrected chi connectivity index (χ3v) is 4.61. The summed E-state index contributed by atoms with van der Waals surface area (Å²) in [5.41, 5.74) is 0.903. The van der Waals surface area contributed by atoms with Crippen molar-refractivity contribution in [2.45, 2.75) is 52.6 Å². The van der Waals surface area contributed by atoms with E-state index in [9.17, 15) is 9.59 Å². The molecule has 2 rings (SSSR count). The Bertz CT molecular complexity index is 561. The van der Waals surface area contributed by atoms with Crippen LogP contribution in [-0.2, 0) is 14.3 Å². The van der Waals surface area contributed by atoms with Crippen LogP contribution in [0.3, 0.4) is 0 Å². The van der Waals surface area contributed by atoms with Crippen LogP contribution in [0.15, 0.2) is 24.3 Å². The Hall–Kier alpha value is -1.84. The molecule has 2 unspecified atom stereocenters. The van der Waals surface area contributed by atoms with Gasteiger partial charge in [0, 0.05) is 0 Å². The standard InChI is InChI=1S/C19H26O4/c1-13(2)12-19(18(21)22-4)11-5-6-16(19)23-17(20)15-9-7-14(3)8-10-15/h7-10,13,16H,5-6,11-12H2,1-4H3. The number of methoxy groups -OCH3 is 1. The maximum absolute atomic E-state index is 12.4. The van der Waals surface area contributed by atoms with Crippen molar-refractivity contribution in [3.8, 4) is 0 Å². The molecular weight excluding hydrogens is 292 g/mol. The Balaban J connectivity index is 2.20. The Kier molecular flexibility index (Phi) is 5.45. The van der Waals surface area contributed by atoms with Crippen molar-refractivity contribution in [1.82, 2.24) is 0 Å². The van der Waals surface area contributed by atoms with Crippen LogP contribution in [0.1, 0.15) is 55.5 Å². The summed E-state index contributed by atoms with van der Waals surface area (Å²) < 4.78 is 10.8. The lowest BCUT2D eigenvalue weighted by Crippen LogP contribution is -2.42. The lowest BCUT2D eigenvalue weighted by Gasteiger charge is -2.33. The quantitative estimate of drug-likeness (QED) is 0.772. The molecule has 0 N–H and O–H groups in total. The topological polar surface area (TPSA) is 52.6 Å². The van der Waals surface area contributed by atoms with E-state index in [0.717, 1.165) is 12.0 Å². The molecule has 126 valence electrons. The molecule has 0 aliphatic heterocycles. The largest absolute Gasteiger partial charge is 0.468 e. The van der Waals surface area contributed by atoms with Gasteiger partial charge in [0.25, 0.3) is 0 Å². The van der Waals surface area contributed by atoms with Crippen molar-refractivity contribution < 1.29 is 19.1 Å². The first-order valence-electron chi connectivity index (χ1n) is 8.25. The molecule has 1 saturated carbocycles. The zero-order valence-electron chi connectivity index (χ0n) is 14.4. The Labute approximate surface area is 138 Å². The highest BCUT2D eigenvalue weighted by Crippen LogP contribution is 2.46. The van der Waals surface area contributed by atoms with Gasteiger partial charge in [-0.15, -0.1) is 0 Å². The zero-order valence-corrected chi connectivity index (χ0v) is 14.4. The highest BCUT2D eigenvalue weighted by Gasteiger charge is 2.52. The van der Waals surface area contributed by atoms with Crippen LogP contribution >= 0.6 is 0 Å². The SMILES string of the molecule is COC(=O)C1(CC(C)C)CCCC1OC(=O)c1ccc(C)cc1. The monoisotopic (exact) mass is 318 g/mol. The average Bonchev–Trinajstić information content (AvgIpc) is 2.90. The molecule has 1 aliphatic carbocycles. The first-order chi connectivity index (χ1) is 10.9. The first kappa shape index (κ1) is 17.5. The predicted octanol–water partition coefficient (Wildman–Crippen LogP) is 3.91. The second-order valence-corrected chi connectivity index (χ2v) is 6.90. The minimum Gasteiger partial charge on any atom is -0.468 e. The van der Waals surface area contributed by atoms with Crippen molar-refractivity contribution >= 4 is 11.9 Å². The van der Waals surface area contributed by atoms with E-state index in [1.807, 2.05) is 19.1 Å². The molecule has 0 aromatic heterocycles. The number of hydrogen-bond acceptors (Lipinski definition) is 4. The number of esters is 2. The van der Waals surface area contributed by atoms with Crippen LogP contribution in [-0.4, -0.2) is 25.2 Å². The molecule has 1 aromatic rings. The second-order valence-electron chi connectivity index (χ2n) is 6.90. The van der Waals surface area contributed by atoms with Gasteiger partial charge in [-0.2, -0.15) is 0 Å². The van der Waals surface area contributed by atoms with E-state index in [1.54, 1.807) is 12.1 Å². The summed E-state index contributed by atoms with van der Waals surface area (Å²) in [6.45, 7) is 6.11. The maximum Gasteiger partial charge on any atom is 0.338 e. The number of carbonyl (C=O) groups excluding carboxylic acids is 2. The van der Waals surface area contributed by atoms with Crippen molar-refractivity contribution in [3.63, 3.8) is 0 Å². The maximum atomic E-state index is 12.4. The summed E-state index contributed by atoms with van der Waals surface area (Å²) in [6.07, 6.45) is 2.55. The Morgan fingerprint density at radius 3 is 2.48 bits per heavy atom. The molecule has 2 atom stereocenters. The summed E-state index contributed by atoms with van der Waals surface area (Å²) in [7, 11) is 1.40. The molecule has 0 heterocycles. The Morgan fingerprint density at radius 1 is 1.26 bits per heavy atom. The molecule has 0 amide bonds. The molecule has 1 fully saturated rings. The van der Waals surface area contributed by atoms with E-state index in [0.29, 0.717) is 30.7 Å². The molecular formula is C19H26O4. The van der Waals surface area contributed by atoms with Crippen molar-refractivity contribution in [2.75, 3.05) is 7.11 Å². The van der Waals surface area contributed by atoms with E-state index in [4.69, 9.17) is 9.47 Å². The van der Waals surface area contributed by atoms with Crippen molar-refractivity contribution in [1.29, 1.82) is 0 Å². The minimum atomic E-state index is -0.705. The lowest BCUT2D eigenvalue weighted by atomic mass is 9.76. The summed E-state index contributed by atoms with van der Waals surface area (Å²) >= 11 is 0. The van der Waals surface area contributed by atoms with Gasteiger partial charge in [0.2, 0.25) is 0 Å². The van der Waals surface area contributed by atoms with Gasteiger partial charge in [-0.1, -0.05) is 31.5 Å². The normalized spacial score (nSPS) is 23.8. The van der Waals surface area contributed by atoms with Gasteiger partial charge >= 0.3 is 11.9 Å². The fourth-order valence-corrected chi connectivity index (χ4v) is 3.58. The van der Waals surface area contributed by atoms with Crippen LogP contribution in [0.5, 0.6) is 0 Å². The van der Waals surface area contributed by atoms with Crippen LogP contribution in [0.4, 0.5) is 0 Å². The minimum absolute atomic E-state index is 0.259. The summed E-state index contributed by atoms with van der Waals surface area (Å²) in [5.74, 6) is -0.299. The number of rotatable bonds is 5. The molecule has 1 aliphatic rings. The highest BCUT2D eigenvalue weighted by molar-refractivity contribution is 5.90. The average molecular weight is 318 g/mol. The fraction of sp³-hybridized carbons (Fsp3) is 0.579. The van der Waals surface area contributed by atoms with Gasteiger partial charge in [-0.25, -0.2) is 4.79 Å². The summed E-state index contributed by atoms with van der Waals surface area (Å²) in [4.78, 5) is 24.9. The number of hydrogen-bond donors (Lipinski definition) is 0. The molecule has 0 saturated heterocycles. The van der Waals surface area contributed by atoms with Gasteiger partial charge in [0.1, 0.15) is 11.5 Å². The van der Waals surface area contributed by atoms with Gasteiger partial charge in [-0.05, 0) is 50.7 Å². The van der Waals surface area contributed by atoms with E-state index in [-0.39, 0.29) is 11.9 Å². The number of ether oxygens (including phenoxy) is 2. The summed E-state index contributed by atoms with van der Waals surface area (Å²) in [5, 5.41) is 0. The van der Waals surface area contributed by atoms with Crippen LogP contribution < -0.4 is 0 Å². The second kappa shape index (κ2) is 7.16. The molecule has 0 radical (unpaired) electrons. The van der Waals surface area contributed by atoms with Gasteiger partial charge in [0.15, 0.2) is 0 Å². The first-order valence-corrected chi connectivity index (χ1v) is 8.25. The lowest BCUT2D eigenvalue weighted by molar-refractivity contribution is -0.160. The fourth-order valence-electron chi connectivity index (χ4n) is 3.58. The zero-order chi connectivity index (χ0) is 17.0. The van der Waals surface area contributed by atoms with E-state index < -0.39 is 11.5 Å². The third kappa shape index (κ3) is 3.74. The molecule has 0 spiro atoms. The van der Waals surface area contributed by atoms with Crippen LogP contribution in [0, 0.1) is 18.3 Å². The van der Waals surface area contributed by atoms with Gasteiger partial charge in [-0.3, -0.25) is 4.79 Å². The van der Waals surface area contributed by atoms with Crippen molar-refractivity contribution in [3.05, 3.63) is 35.4 Å². The summed E-state index contributed by atoms with van der Waals surface area (Å²) in [6, 6.07) is 7.28. The van der Waals surface area contributed by atoms with Crippen LogP contribution in [0.25, 0.3) is 0 Å². The van der Waals surface area contributed by atoms with E-state index in [1.165, 1.54) is 7.11 Å². The third-order valence-electron chi connectivity index (χ3n) is 4.61.